The third-order valence-electron chi connectivity index (χ3n) is 4.78. The topological polar surface area (TPSA) is 40.5 Å². The molecule has 3 rings (SSSR count). The first-order chi connectivity index (χ1) is 12.7. The molecule has 2 aromatic carbocycles. The Morgan fingerprint density at radius 2 is 1.74 bits per heavy atom. The van der Waals surface area contributed by atoms with E-state index in [1.54, 1.807) is 11.9 Å². The highest BCUT2D eigenvalue weighted by Crippen LogP contribution is 2.48. The summed E-state index contributed by atoms with van der Waals surface area (Å²) in [7, 11) is 0. The van der Waals surface area contributed by atoms with Gasteiger partial charge in [0.05, 0.1) is 11.6 Å². The van der Waals surface area contributed by atoms with Crippen LogP contribution in [0.1, 0.15) is 37.9 Å². The van der Waals surface area contributed by atoms with E-state index in [9.17, 15) is 9.90 Å². The van der Waals surface area contributed by atoms with Crippen molar-refractivity contribution in [1.82, 2.24) is 4.31 Å². The van der Waals surface area contributed by atoms with Crippen LogP contribution in [-0.2, 0) is 4.79 Å². The largest absolute Gasteiger partial charge is 0.478 e. The molecule has 0 saturated heterocycles. The second kappa shape index (κ2) is 7.70. The Labute approximate surface area is 170 Å². The lowest BCUT2D eigenvalue weighted by Crippen LogP contribution is -2.37. The molecule has 0 bridgehead atoms. The molecule has 0 unspecified atom stereocenters. The quantitative estimate of drug-likeness (QED) is 0.625. The molecule has 1 N–H and O–H groups in total. The fourth-order valence-corrected chi connectivity index (χ4v) is 4.84. The lowest BCUT2D eigenvalue weighted by molar-refractivity contribution is -0.133. The predicted octanol–water partition coefficient (Wildman–Crippen LogP) is 6.14. The van der Waals surface area contributed by atoms with Crippen molar-refractivity contribution >= 4 is 29.5 Å². The molecule has 0 spiro atoms. The van der Waals surface area contributed by atoms with Crippen LogP contribution in [0.5, 0.6) is 0 Å². The van der Waals surface area contributed by atoms with Gasteiger partial charge in [0.2, 0.25) is 0 Å². The third-order valence-corrected chi connectivity index (χ3v) is 6.33. The van der Waals surface area contributed by atoms with Crippen molar-refractivity contribution in [3.8, 4) is 0 Å². The summed E-state index contributed by atoms with van der Waals surface area (Å²) < 4.78 is 2.22. The second-order valence-electron chi connectivity index (χ2n) is 7.91. The van der Waals surface area contributed by atoms with E-state index in [0.717, 1.165) is 10.5 Å². The van der Waals surface area contributed by atoms with Crippen molar-refractivity contribution in [3.63, 3.8) is 0 Å². The van der Waals surface area contributed by atoms with Gasteiger partial charge in [0.25, 0.3) is 0 Å². The minimum absolute atomic E-state index is 0.0196. The van der Waals surface area contributed by atoms with Gasteiger partial charge in [-0.15, -0.1) is 0 Å². The highest BCUT2D eigenvalue weighted by molar-refractivity contribution is 7.97. The van der Waals surface area contributed by atoms with E-state index in [2.05, 4.69) is 44.1 Å². The molecule has 142 valence electrons. The van der Waals surface area contributed by atoms with Crippen LogP contribution in [-0.4, -0.2) is 21.4 Å². The molecule has 0 fully saturated rings. The van der Waals surface area contributed by atoms with Gasteiger partial charge in [-0.3, -0.25) is 0 Å². The number of hydrogen-bond donors (Lipinski definition) is 1. The SMILES string of the molecule is Cc1ccccc1SN1[C@@H](c2ccc(Cl)cc2)C(C(=O)O)=C[C@H]1C(C)(C)C. The zero-order chi connectivity index (χ0) is 19.8. The van der Waals surface area contributed by atoms with Crippen LogP contribution in [0.4, 0.5) is 0 Å². The number of nitrogens with zero attached hydrogens (tertiary/aromatic N) is 1. The van der Waals surface area contributed by atoms with Crippen LogP contribution in [0.2, 0.25) is 5.02 Å². The molecular weight excluding hydrogens is 378 g/mol. The van der Waals surface area contributed by atoms with Gasteiger partial charge in [0, 0.05) is 16.0 Å². The molecule has 2 atom stereocenters. The number of carbonyl (C=O) groups is 1. The molecule has 0 saturated carbocycles. The van der Waals surface area contributed by atoms with E-state index in [-0.39, 0.29) is 17.5 Å². The fraction of sp³-hybridized carbons (Fsp3) is 0.318. The van der Waals surface area contributed by atoms with Crippen LogP contribution < -0.4 is 0 Å². The van der Waals surface area contributed by atoms with Crippen molar-refractivity contribution in [2.75, 3.05) is 0 Å². The van der Waals surface area contributed by atoms with Crippen LogP contribution in [0.3, 0.4) is 0 Å². The number of hydrogen-bond acceptors (Lipinski definition) is 3. The number of carboxylic acids is 1. The van der Waals surface area contributed by atoms with Crippen LogP contribution in [0.15, 0.2) is 65.1 Å². The first kappa shape index (κ1) is 20.0. The third kappa shape index (κ3) is 4.23. The smallest absolute Gasteiger partial charge is 0.333 e. The summed E-state index contributed by atoms with van der Waals surface area (Å²) in [6, 6.07) is 15.3. The maximum atomic E-state index is 12.1. The Hall–Kier alpha value is -1.75. The van der Waals surface area contributed by atoms with Crippen molar-refractivity contribution in [3.05, 3.63) is 76.3 Å². The van der Waals surface area contributed by atoms with Gasteiger partial charge >= 0.3 is 5.97 Å². The molecule has 0 amide bonds. The Morgan fingerprint density at radius 1 is 1.11 bits per heavy atom. The Kier molecular flexibility index (Phi) is 5.71. The standard InChI is InChI=1S/C22H24ClNO2S/c1-14-7-5-6-8-18(14)27-24-19(22(2,3)4)13-17(21(25)26)20(24)15-9-11-16(23)12-10-15/h5-13,19-20H,1-4H3,(H,25,26)/t19-,20-/m0/s1. The average molecular weight is 402 g/mol. The fourth-order valence-electron chi connectivity index (χ4n) is 3.31. The van der Waals surface area contributed by atoms with Crippen molar-refractivity contribution in [2.45, 2.75) is 44.7 Å². The van der Waals surface area contributed by atoms with Gasteiger partial charge in [-0.1, -0.05) is 68.8 Å². The zero-order valence-corrected chi connectivity index (χ0v) is 17.5. The van der Waals surface area contributed by atoms with E-state index >= 15 is 0 Å². The lowest BCUT2D eigenvalue weighted by Gasteiger charge is -2.37. The summed E-state index contributed by atoms with van der Waals surface area (Å²) >= 11 is 7.68. The molecular formula is C22H24ClNO2S. The van der Waals surface area contributed by atoms with Gasteiger partial charge in [-0.05, 0) is 53.6 Å². The molecule has 1 aliphatic rings. The number of aliphatic carboxylic acids is 1. The highest BCUT2D eigenvalue weighted by atomic mass is 35.5. The molecule has 0 aliphatic carbocycles. The van der Waals surface area contributed by atoms with Crippen molar-refractivity contribution < 1.29 is 9.90 Å². The first-order valence-corrected chi connectivity index (χ1v) is 10.1. The number of benzene rings is 2. The second-order valence-corrected chi connectivity index (χ2v) is 9.39. The predicted molar refractivity (Wildman–Crippen MR) is 112 cm³/mol. The normalized spacial score (nSPS) is 20.6. The van der Waals surface area contributed by atoms with Crippen LogP contribution in [0.25, 0.3) is 0 Å². The summed E-state index contributed by atoms with van der Waals surface area (Å²) in [5, 5.41) is 10.5. The minimum atomic E-state index is -0.878. The Morgan fingerprint density at radius 3 is 2.30 bits per heavy atom. The molecule has 0 radical (unpaired) electrons. The molecule has 27 heavy (non-hydrogen) atoms. The van der Waals surface area contributed by atoms with Crippen molar-refractivity contribution in [1.29, 1.82) is 0 Å². The van der Waals surface area contributed by atoms with E-state index in [4.69, 9.17) is 11.6 Å². The molecule has 1 heterocycles. The monoisotopic (exact) mass is 401 g/mol. The summed E-state index contributed by atoms with van der Waals surface area (Å²) in [6.07, 6.45) is 1.91. The highest BCUT2D eigenvalue weighted by Gasteiger charge is 2.44. The van der Waals surface area contributed by atoms with E-state index in [0.29, 0.717) is 10.6 Å². The summed E-state index contributed by atoms with van der Waals surface area (Å²) in [5.74, 6) is -0.878. The summed E-state index contributed by atoms with van der Waals surface area (Å²) in [4.78, 5) is 13.2. The lowest BCUT2D eigenvalue weighted by atomic mass is 9.87. The number of carboxylic acid groups (broad SMARTS) is 1. The molecule has 2 aromatic rings. The maximum Gasteiger partial charge on any atom is 0.333 e. The van der Waals surface area contributed by atoms with Crippen molar-refractivity contribution in [2.24, 2.45) is 5.41 Å². The minimum Gasteiger partial charge on any atom is -0.478 e. The molecule has 0 aromatic heterocycles. The van der Waals surface area contributed by atoms with Gasteiger partial charge in [0.1, 0.15) is 0 Å². The van der Waals surface area contributed by atoms with E-state index in [1.165, 1.54) is 5.56 Å². The number of halogens is 1. The van der Waals surface area contributed by atoms with Gasteiger partial charge < -0.3 is 5.11 Å². The first-order valence-electron chi connectivity index (χ1n) is 8.91. The number of aryl methyl sites for hydroxylation is 1. The molecule has 5 heteroatoms. The maximum absolute atomic E-state index is 12.1. The summed E-state index contributed by atoms with van der Waals surface area (Å²) in [6.45, 7) is 8.50. The van der Waals surface area contributed by atoms with Crippen LogP contribution >= 0.6 is 23.5 Å². The molecule has 3 nitrogen and oxygen atoms in total. The molecule has 1 aliphatic heterocycles. The van der Waals surface area contributed by atoms with Gasteiger partial charge in [0.15, 0.2) is 0 Å². The summed E-state index contributed by atoms with van der Waals surface area (Å²) in [5.41, 5.74) is 2.41. The Balaban J connectivity index is 2.09. The Bertz CT molecular complexity index is 871. The van der Waals surface area contributed by atoms with Gasteiger partial charge in [-0.25, -0.2) is 9.10 Å². The van der Waals surface area contributed by atoms with Gasteiger partial charge in [-0.2, -0.15) is 0 Å². The van der Waals surface area contributed by atoms with E-state index in [1.807, 2.05) is 42.5 Å². The average Bonchev–Trinajstić information content (AvgIpc) is 2.97. The van der Waals surface area contributed by atoms with E-state index < -0.39 is 5.97 Å². The number of rotatable bonds is 4. The zero-order valence-electron chi connectivity index (χ0n) is 15.9. The van der Waals surface area contributed by atoms with Crippen LogP contribution in [0, 0.1) is 12.3 Å².